The highest BCUT2D eigenvalue weighted by Crippen LogP contribution is 2.11. The van der Waals surface area contributed by atoms with Crippen molar-refractivity contribution < 1.29 is 14.3 Å². The number of aliphatic imine (C=N–C) groups is 1. The fourth-order valence-electron chi connectivity index (χ4n) is 2.83. The Bertz CT molecular complexity index is 652. The van der Waals surface area contributed by atoms with Crippen LogP contribution in [0.3, 0.4) is 0 Å². The molecule has 8 heteroatoms. The highest BCUT2D eigenvalue weighted by atomic mass is 16.5. The Hall–Kier alpha value is -2.77. The van der Waals surface area contributed by atoms with Crippen molar-refractivity contribution in [1.29, 1.82) is 0 Å². The summed E-state index contributed by atoms with van der Waals surface area (Å²) < 4.78 is 5.09. The van der Waals surface area contributed by atoms with Crippen molar-refractivity contribution in [1.82, 2.24) is 20.4 Å². The van der Waals surface area contributed by atoms with Gasteiger partial charge < -0.3 is 25.2 Å². The Morgan fingerprint density at radius 1 is 1.07 bits per heavy atom. The lowest BCUT2D eigenvalue weighted by atomic mass is 10.2. The van der Waals surface area contributed by atoms with Crippen LogP contribution < -0.4 is 15.4 Å². The number of piperazine rings is 1. The lowest BCUT2D eigenvalue weighted by Gasteiger charge is -2.36. The van der Waals surface area contributed by atoms with Crippen molar-refractivity contribution in [2.75, 3.05) is 52.9 Å². The van der Waals surface area contributed by atoms with E-state index in [4.69, 9.17) is 4.74 Å². The molecule has 1 aliphatic heterocycles. The first-order valence-corrected chi connectivity index (χ1v) is 9.26. The van der Waals surface area contributed by atoms with Crippen LogP contribution in [0, 0.1) is 0 Å². The molecule has 148 valence electrons. The standard InChI is InChI=1S/C19H29N5O3/c1-4-20-19(24-13-11-23(12-14-24)15(2)25)22-10-9-21-18(26)16-5-7-17(27-3)8-6-16/h5-8H,4,9-14H2,1-3H3,(H,20,22)(H,21,26). The summed E-state index contributed by atoms with van der Waals surface area (Å²) in [5, 5.41) is 6.15. The van der Waals surface area contributed by atoms with Gasteiger partial charge >= 0.3 is 0 Å². The Balaban J connectivity index is 1.82. The third-order valence-electron chi connectivity index (χ3n) is 4.37. The number of nitrogens with one attached hydrogen (secondary N) is 2. The van der Waals surface area contributed by atoms with Gasteiger partial charge in [0.05, 0.1) is 13.7 Å². The van der Waals surface area contributed by atoms with E-state index < -0.39 is 0 Å². The number of rotatable bonds is 6. The van der Waals surface area contributed by atoms with E-state index in [2.05, 4.69) is 20.5 Å². The Morgan fingerprint density at radius 3 is 2.26 bits per heavy atom. The number of methoxy groups -OCH3 is 1. The van der Waals surface area contributed by atoms with Crippen molar-refractivity contribution >= 4 is 17.8 Å². The monoisotopic (exact) mass is 375 g/mol. The normalized spacial score (nSPS) is 14.7. The summed E-state index contributed by atoms with van der Waals surface area (Å²) in [7, 11) is 1.59. The lowest BCUT2D eigenvalue weighted by molar-refractivity contribution is -0.130. The van der Waals surface area contributed by atoms with Gasteiger partial charge in [0, 0.05) is 51.8 Å². The zero-order valence-electron chi connectivity index (χ0n) is 16.3. The molecule has 0 aromatic heterocycles. The number of ether oxygens (including phenoxy) is 1. The molecule has 0 bridgehead atoms. The van der Waals surface area contributed by atoms with E-state index in [0.29, 0.717) is 31.7 Å². The summed E-state index contributed by atoms with van der Waals surface area (Å²) in [6.07, 6.45) is 0. The van der Waals surface area contributed by atoms with Gasteiger partial charge in [0.2, 0.25) is 5.91 Å². The van der Waals surface area contributed by atoms with Gasteiger partial charge in [0.25, 0.3) is 5.91 Å². The molecule has 1 saturated heterocycles. The minimum Gasteiger partial charge on any atom is -0.497 e. The number of carbonyl (C=O) groups excluding carboxylic acids is 2. The predicted octanol–water partition coefficient (Wildman–Crippen LogP) is 0.555. The molecule has 0 radical (unpaired) electrons. The molecule has 2 amide bonds. The smallest absolute Gasteiger partial charge is 0.251 e. The first-order valence-electron chi connectivity index (χ1n) is 9.26. The molecule has 0 unspecified atom stereocenters. The predicted molar refractivity (Wildman–Crippen MR) is 105 cm³/mol. The molecular weight excluding hydrogens is 346 g/mol. The minimum atomic E-state index is -0.132. The maximum absolute atomic E-state index is 12.2. The summed E-state index contributed by atoms with van der Waals surface area (Å²) >= 11 is 0. The van der Waals surface area contributed by atoms with Crippen LogP contribution in [-0.4, -0.2) is 80.5 Å². The van der Waals surface area contributed by atoms with Crippen molar-refractivity contribution in [2.45, 2.75) is 13.8 Å². The quantitative estimate of drug-likeness (QED) is 0.431. The number of benzene rings is 1. The zero-order valence-corrected chi connectivity index (χ0v) is 16.3. The molecule has 0 spiro atoms. The number of guanidine groups is 1. The maximum Gasteiger partial charge on any atom is 0.251 e. The molecule has 2 N–H and O–H groups in total. The molecule has 2 rings (SSSR count). The van der Waals surface area contributed by atoms with E-state index in [1.54, 1.807) is 38.3 Å². The SMILES string of the molecule is CCNC(=NCCNC(=O)c1ccc(OC)cc1)N1CCN(C(C)=O)CC1. The molecule has 1 aromatic rings. The highest BCUT2D eigenvalue weighted by Gasteiger charge is 2.20. The molecule has 8 nitrogen and oxygen atoms in total. The third kappa shape index (κ3) is 6.16. The fourth-order valence-corrected chi connectivity index (χ4v) is 2.83. The van der Waals surface area contributed by atoms with Crippen molar-refractivity contribution in [3.63, 3.8) is 0 Å². The minimum absolute atomic E-state index is 0.109. The molecule has 0 saturated carbocycles. The van der Waals surface area contributed by atoms with Crippen molar-refractivity contribution in [3.8, 4) is 5.75 Å². The van der Waals surface area contributed by atoms with E-state index in [1.807, 2.05) is 11.8 Å². The Kier molecular flexibility index (Phi) is 7.91. The second-order valence-electron chi connectivity index (χ2n) is 6.21. The van der Waals surface area contributed by atoms with E-state index in [9.17, 15) is 9.59 Å². The summed E-state index contributed by atoms with van der Waals surface area (Å²) in [5.74, 6) is 1.52. The van der Waals surface area contributed by atoms with Gasteiger partial charge in [-0.25, -0.2) is 0 Å². The zero-order chi connectivity index (χ0) is 19.6. The summed E-state index contributed by atoms with van der Waals surface area (Å²) in [6, 6.07) is 6.99. The Morgan fingerprint density at radius 2 is 1.70 bits per heavy atom. The fraction of sp³-hybridized carbons (Fsp3) is 0.526. The van der Waals surface area contributed by atoms with Crippen LogP contribution in [0.15, 0.2) is 29.3 Å². The van der Waals surface area contributed by atoms with Crippen molar-refractivity contribution in [3.05, 3.63) is 29.8 Å². The van der Waals surface area contributed by atoms with Crippen LogP contribution in [-0.2, 0) is 4.79 Å². The highest BCUT2D eigenvalue weighted by molar-refractivity contribution is 5.94. The number of hydrogen-bond donors (Lipinski definition) is 2. The van der Waals surface area contributed by atoms with Gasteiger partial charge in [-0.3, -0.25) is 14.6 Å². The molecule has 0 atom stereocenters. The average molecular weight is 375 g/mol. The molecular formula is C19H29N5O3. The van der Waals surface area contributed by atoms with E-state index in [1.165, 1.54) is 0 Å². The molecule has 1 aromatic carbocycles. The summed E-state index contributed by atoms with van der Waals surface area (Å²) in [6.45, 7) is 8.23. The number of carbonyl (C=O) groups is 2. The Labute approximate surface area is 160 Å². The number of nitrogens with zero attached hydrogens (tertiary/aromatic N) is 3. The van der Waals surface area contributed by atoms with E-state index in [-0.39, 0.29) is 11.8 Å². The van der Waals surface area contributed by atoms with Crippen LogP contribution in [0.4, 0.5) is 0 Å². The first-order chi connectivity index (χ1) is 13.0. The maximum atomic E-state index is 12.2. The first kappa shape index (κ1) is 20.5. The van der Waals surface area contributed by atoms with Crippen LogP contribution in [0.2, 0.25) is 0 Å². The van der Waals surface area contributed by atoms with Gasteiger partial charge in [0.15, 0.2) is 5.96 Å². The largest absolute Gasteiger partial charge is 0.497 e. The molecule has 27 heavy (non-hydrogen) atoms. The summed E-state index contributed by atoms with van der Waals surface area (Å²) in [4.78, 5) is 32.2. The van der Waals surface area contributed by atoms with E-state index >= 15 is 0 Å². The molecule has 0 aliphatic carbocycles. The topological polar surface area (TPSA) is 86.3 Å². The van der Waals surface area contributed by atoms with Crippen LogP contribution in [0.1, 0.15) is 24.2 Å². The van der Waals surface area contributed by atoms with Gasteiger partial charge in [-0.15, -0.1) is 0 Å². The van der Waals surface area contributed by atoms with Crippen LogP contribution >= 0.6 is 0 Å². The van der Waals surface area contributed by atoms with Gasteiger partial charge in [-0.05, 0) is 31.2 Å². The second kappa shape index (κ2) is 10.4. The van der Waals surface area contributed by atoms with Crippen LogP contribution in [0.25, 0.3) is 0 Å². The number of hydrogen-bond acceptors (Lipinski definition) is 4. The molecule has 1 fully saturated rings. The van der Waals surface area contributed by atoms with E-state index in [0.717, 1.165) is 31.3 Å². The third-order valence-corrected chi connectivity index (χ3v) is 4.37. The van der Waals surface area contributed by atoms with Gasteiger partial charge in [-0.1, -0.05) is 0 Å². The van der Waals surface area contributed by atoms with Crippen molar-refractivity contribution in [2.24, 2.45) is 4.99 Å². The number of amides is 2. The van der Waals surface area contributed by atoms with Crippen LogP contribution in [0.5, 0.6) is 5.75 Å². The summed E-state index contributed by atoms with van der Waals surface area (Å²) in [5.41, 5.74) is 0.590. The van der Waals surface area contributed by atoms with Gasteiger partial charge in [-0.2, -0.15) is 0 Å². The average Bonchev–Trinajstić information content (AvgIpc) is 2.70. The van der Waals surface area contributed by atoms with Gasteiger partial charge in [0.1, 0.15) is 5.75 Å². The lowest BCUT2D eigenvalue weighted by Crippen LogP contribution is -2.53. The molecule has 1 heterocycles. The second-order valence-corrected chi connectivity index (χ2v) is 6.21. The molecule has 1 aliphatic rings.